The molecule has 2 fully saturated rings. The van der Waals surface area contributed by atoms with E-state index in [0.717, 1.165) is 43.8 Å². The van der Waals surface area contributed by atoms with Crippen LogP contribution in [0.5, 0.6) is 5.75 Å². The molecule has 148 valence electrons. The summed E-state index contributed by atoms with van der Waals surface area (Å²) in [5.41, 5.74) is 2.35. The van der Waals surface area contributed by atoms with Crippen molar-refractivity contribution < 1.29 is 19.4 Å². The highest BCUT2D eigenvalue weighted by Crippen LogP contribution is 2.43. The van der Waals surface area contributed by atoms with E-state index < -0.39 is 12.0 Å². The van der Waals surface area contributed by atoms with Crippen LogP contribution >= 0.6 is 0 Å². The molecule has 0 aromatic heterocycles. The first-order valence-electron chi connectivity index (χ1n) is 9.72. The third-order valence-electron chi connectivity index (χ3n) is 6.11. The number of ether oxygens (including phenoxy) is 1. The Balaban J connectivity index is 1.49. The van der Waals surface area contributed by atoms with E-state index in [-0.39, 0.29) is 11.3 Å². The number of aryl methyl sites for hydroxylation is 2. The number of piperidine rings is 1. The first kappa shape index (κ1) is 19.7. The van der Waals surface area contributed by atoms with Gasteiger partial charge >= 0.3 is 5.97 Å². The van der Waals surface area contributed by atoms with Crippen LogP contribution in [0.15, 0.2) is 18.2 Å². The second-order valence-corrected chi connectivity index (χ2v) is 8.16. The number of carbonyl (C=O) groups excluding carboxylic acids is 1. The first-order valence-corrected chi connectivity index (χ1v) is 9.72. The van der Waals surface area contributed by atoms with Gasteiger partial charge < -0.3 is 14.7 Å². The van der Waals surface area contributed by atoms with Crippen molar-refractivity contribution in [1.29, 1.82) is 0 Å². The van der Waals surface area contributed by atoms with Crippen molar-refractivity contribution in [3.05, 3.63) is 29.3 Å². The lowest BCUT2D eigenvalue weighted by atomic mass is 9.76. The van der Waals surface area contributed by atoms with E-state index in [4.69, 9.17) is 4.74 Å². The Bertz CT molecular complexity index is 686. The van der Waals surface area contributed by atoms with Gasteiger partial charge in [0.1, 0.15) is 18.4 Å². The van der Waals surface area contributed by atoms with Crippen LogP contribution in [0.1, 0.15) is 37.3 Å². The van der Waals surface area contributed by atoms with Gasteiger partial charge in [-0.25, -0.2) is 4.79 Å². The maximum absolute atomic E-state index is 11.8. The number of nitrogens with zero attached hydrogens (tertiary/aromatic N) is 2. The van der Waals surface area contributed by atoms with Gasteiger partial charge in [-0.1, -0.05) is 17.7 Å². The Kier molecular flexibility index (Phi) is 5.75. The van der Waals surface area contributed by atoms with Crippen molar-refractivity contribution in [2.45, 2.75) is 46.1 Å². The van der Waals surface area contributed by atoms with Crippen LogP contribution in [0.25, 0.3) is 0 Å². The number of amides is 1. The number of benzene rings is 1. The number of carboxylic acids is 1. The molecule has 2 aliphatic heterocycles. The van der Waals surface area contributed by atoms with Crippen molar-refractivity contribution in [2.75, 3.05) is 32.8 Å². The van der Waals surface area contributed by atoms with Gasteiger partial charge in [0, 0.05) is 20.0 Å². The molecule has 0 bridgehead atoms. The molecule has 0 radical (unpaired) electrons. The fourth-order valence-corrected chi connectivity index (χ4v) is 4.47. The molecular formula is C21H30N2O4. The van der Waals surface area contributed by atoms with Gasteiger partial charge in [0.15, 0.2) is 0 Å². The molecule has 0 aliphatic carbocycles. The molecule has 1 atom stereocenters. The van der Waals surface area contributed by atoms with E-state index >= 15 is 0 Å². The van der Waals surface area contributed by atoms with Gasteiger partial charge in [-0.15, -0.1) is 0 Å². The molecule has 1 unspecified atom stereocenters. The normalized spacial score (nSPS) is 22.2. The van der Waals surface area contributed by atoms with Gasteiger partial charge in [0.05, 0.1) is 0 Å². The summed E-state index contributed by atoms with van der Waals surface area (Å²) in [5, 5.41) is 9.44. The smallest absolute Gasteiger partial charge is 0.326 e. The van der Waals surface area contributed by atoms with E-state index in [9.17, 15) is 14.7 Å². The predicted molar refractivity (Wildman–Crippen MR) is 103 cm³/mol. The SMILES string of the molecule is CC(=O)N1CC2(CCN(CCOc3ccc(C)cc3C)CC2)CC1C(=O)O. The van der Waals surface area contributed by atoms with Crippen LogP contribution in [0.4, 0.5) is 0 Å². The van der Waals surface area contributed by atoms with Crippen molar-refractivity contribution in [2.24, 2.45) is 5.41 Å². The minimum atomic E-state index is -0.883. The summed E-state index contributed by atoms with van der Waals surface area (Å²) in [6, 6.07) is 5.55. The standard InChI is InChI=1S/C21H30N2O4/c1-15-4-5-19(16(2)12-15)27-11-10-22-8-6-21(7-9-22)13-18(20(25)26)23(14-21)17(3)24/h4-5,12,18H,6-11,13-14H2,1-3H3,(H,25,26). The Hall–Kier alpha value is -2.08. The van der Waals surface area contributed by atoms with Crippen molar-refractivity contribution >= 4 is 11.9 Å². The van der Waals surface area contributed by atoms with Crippen molar-refractivity contribution in [3.63, 3.8) is 0 Å². The largest absolute Gasteiger partial charge is 0.492 e. The number of carboxylic acid groups (broad SMARTS) is 1. The summed E-state index contributed by atoms with van der Waals surface area (Å²) >= 11 is 0. The van der Waals surface area contributed by atoms with Crippen LogP contribution in [0.3, 0.4) is 0 Å². The number of rotatable bonds is 5. The minimum absolute atomic E-state index is 0.0420. The monoisotopic (exact) mass is 374 g/mol. The zero-order chi connectivity index (χ0) is 19.6. The number of carbonyl (C=O) groups is 2. The molecular weight excluding hydrogens is 344 g/mol. The summed E-state index contributed by atoms with van der Waals surface area (Å²) in [6.07, 6.45) is 2.45. The molecule has 2 aliphatic rings. The number of hydrogen-bond donors (Lipinski definition) is 1. The molecule has 1 spiro atoms. The van der Waals surface area contributed by atoms with Gasteiger partial charge in [-0.3, -0.25) is 9.69 Å². The van der Waals surface area contributed by atoms with Crippen LogP contribution in [-0.2, 0) is 9.59 Å². The highest BCUT2D eigenvalue weighted by molar-refractivity contribution is 5.83. The fourth-order valence-electron chi connectivity index (χ4n) is 4.47. The van der Waals surface area contributed by atoms with E-state index in [1.807, 2.05) is 6.07 Å². The molecule has 0 saturated carbocycles. The van der Waals surface area contributed by atoms with Crippen LogP contribution < -0.4 is 4.74 Å². The van der Waals surface area contributed by atoms with E-state index in [2.05, 4.69) is 30.9 Å². The second kappa shape index (κ2) is 7.89. The summed E-state index contributed by atoms with van der Waals surface area (Å²) < 4.78 is 5.94. The summed E-state index contributed by atoms with van der Waals surface area (Å²) in [5.74, 6) is -0.0822. The molecule has 1 N–H and O–H groups in total. The van der Waals surface area contributed by atoms with Gasteiger partial charge in [-0.2, -0.15) is 0 Å². The zero-order valence-electron chi connectivity index (χ0n) is 16.5. The molecule has 1 aromatic carbocycles. The van der Waals surface area contributed by atoms with E-state index in [0.29, 0.717) is 19.6 Å². The van der Waals surface area contributed by atoms with Crippen LogP contribution in [0.2, 0.25) is 0 Å². The molecule has 1 amide bonds. The lowest BCUT2D eigenvalue weighted by Gasteiger charge is -2.39. The maximum Gasteiger partial charge on any atom is 0.326 e. The Morgan fingerprint density at radius 2 is 1.96 bits per heavy atom. The highest BCUT2D eigenvalue weighted by Gasteiger charge is 2.48. The molecule has 3 rings (SSSR count). The van der Waals surface area contributed by atoms with Crippen LogP contribution in [-0.4, -0.2) is 65.6 Å². The molecule has 27 heavy (non-hydrogen) atoms. The van der Waals surface area contributed by atoms with Crippen molar-refractivity contribution in [1.82, 2.24) is 9.80 Å². The quantitative estimate of drug-likeness (QED) is 0.857. The van der Waals surface area contributed by atoms with Crippen LogP contribution in [0, 0.1) is 19.3 Å². The lowest BCUT2D eigenvalue weighted by Crippen LogP contribution is -2.43. The number of likely N-dealkylation sites (tertiary alicyclic amines) is 2. The fraction of sp³-hybridized carbons (Fsp3) is 0.619. The van der Waals surface area contributed by atoms with Crippen molar-refractivity contribution in [3.8, 4) is 5.75 Å². The summed E-state index contributed by atoms with van der Waals surface area (Å²) in [6.45, 7) is 9.54. The Morgan fingerprint density at radius 1 is 1.26 bits per heavy atom. The Morgan fingerprint density at radius 3 is 2.52 bits per heavy atom. The molecule has 6 nitrogen and oxygen atoms in total. The van der Waals surface area contributed by atoms with Gasteiger partial charge in [0.2, 0.25) is 5.91 Å². The molecule has 2 heterocycles. The van der Waals surface area contributed by atoms with Gasteiger partial charge in [-0.05, 0) is 63.2 Å². The highest BCUT2D eigenvalue weighted by atomic mass is 16.5. The van der Waals surface area contributed by atoms with Gasteiger partial charge in [0.25, 0.3) is 0 Å². The third kappa shape index (κ3) is 4.43. The minimum Gasteiger partial charge on any atom is -0.492 e. The third-order valence-corrected chi connectivity index (χ3v) is 6.11. The molecule has 6 heteroatoms. The van der Waals surface area contributed by atoms with E-state index in [1.54, 1.807) is 4.90 Å². The summed E-state index contributed by atoms with van der Waals surface area (Å²) in [7, 11) is 0. The molecule has 1 aromatic rings. The lowest BCUT2D eigenvalue weighted by molar-refractivity contribution is -0.147. The maximum atomic E-state index is 11.8. The summed E-state index contributed by atoms with van der Waals surface area (Å²) in [4.78, 5) is 27.2. The average Bonchev–Trinajstić information content (AvgIpc) is 2.99. The zero-order valence-corrected chi connectivity index (χ0v) is 16.5. The van der Waals surface area contributed by atoms with E-state index in [1.165, 1.54) is 12.5 Å². The number of hydrogen-bond acceptors (Lipinski definition) is 4. The number of aliphatic carboxylic acids is 1. The first-order chi connectivity index (χ1) is 12.8. The topological polar surface area (TPSA) is 70.1 Å². The Labute approximate surface area is 161 Å². The molecule has 2 saturated heterocycles. The average molecular weight is 374 g/mol. The second-order valence-electron chi connectivity index (χ2n) is 8.16. The predicted octanol–water partition coefficient (Wildman–Crippen LogP) is 2.47.